The molecule has 0 unspecified atom stereocenters. The molecule has 12 heteroatoms. The minimum Gasteiger partial charge on any atom is -0.483 e. The fraction of sp³-hybridized carbons (Fsp3) is 0.267. The van der Waals surface area contributed by atoms with Gasteiger partial charge in [-0.1, -0.05) is 0 Å². The fourth-order valence-corrected chi connectivity index (χ4v) is 2.04. The summed E-state index contributed by atoms with van der Waals surface area (Å²) in [5.74, 6) is -1.53. The molecule has 1 heterocycles. The van der Waals surface area contributed by atoms with Crippen LogP contribution >= 0.6 is 0 Å². The van der Waals surface area contributed by atoms with Crippen molar-refractivity contribution in [3.63, 3.8) is 0 Å². The lowest BCUT2D eigenvalue weighted by molar-refractivity contribution is -0.153. The van der Waals surface area contributed by atoms with E-state index in [-0.39, 0.29) is 17.0 Å². The maximum absolute atomic E-state index is 12.9. The summed E-state index contributed by atoms with van der Waals surface area (Å²) in [4.78, 5) is 12.1. The second-order valence-electron chi connectivity index (χ2n) is 5.24. The molecule has 27 heavy (non-hydrogen) atoms. The van der Waals surface area contributed by atoms with E-state index in [1.165, 1.54) is 7.05 Å². The van der Waals surface area contributed by atoms with Gasteiger partial charge in [-0.3, -0.25) is 9.48 Å². The molecule has 0 aliphatic rings. The Bertz CT molecular complexity index is 895. The molecule has 0 fully saturated rings. The number of carbonyl (C=O) groups excluding carboxylic acids is 1. The number of alkyl halides is 6. The van der Waals surface area contributed by atoms with Crippen molar-refractivity contribution in [3.8, 4) is 11.8 Å². The SMILES string of the molecule is Cn1cc(C(=O)Nc2ccc(OCC(F)(F)F)c(C#N)c2)c(C(F)(F)F)n1. The zero-order chi connectivity index (χ0) is 20.4. The molecule has 2 aromatic rings. The number of amides is 1. The third kappa shape index (κ3) is 5.13. The van der Waals surface area contributed by atoms with Crippen molar-refractivity contribution in [2.45, 2.75) is 12.4 Å². The van der Waals surface area contributed by atoms with Crippen molar-refractivity contribution in [1.29, 1.82) is 5.26 Å². The molecule has 0 aliphatic carbocycles. The van der Waals surface area contributed by atoms with Crippen LogP contribution in [0.4, 0.5) is 32.0 Å². The molecule has 1 amide bonds. The largest absolute Gasteiger partial charge is 0.483 e. The number of carbonyl (C=O) groups is 1. The Morgan fingerprint density at radius 1 is 1.30 bits per heavy atom. The van der Waals surface area contributed by atoms with Gasteiger partial charge in [-0.2, -0.15) is 36.7 Å². The van der Waals surface area contributed by atoms with Crippen LogP contribution in [0, 0.1) is 11.3 Å². The molecule has 0 atom stereocenters. The Morgan fingerprint density at radius 2 is 1.96 bits per heavy atom. The van der Waals surface area contributed by atoms with Crippen LogP contribution in [0.2, 0.25) is 0 Å². The molecule has 0 saturated carbocycles. The van der Waals surface area contributed by atoms with Gasteiger partial charge in [0.2, 0.25) is 0 Å². The Hall–Kier alpha value is -3.23. The number of ether oxygens (including phenoxy) is 1. The summed E-state index contributed by atoms with van der Waals surface area (Å²) in [7, 11) is 1.20. The first-order valence-corrected chi connectivity index (χ1v) is 7.06. The Labute approximate surface area is 147 Å². The number of halogens is 6. The van der Waals surface area contributed by atoms with E-state index in [1.807, 2.05) is 0 Å². The Morgan fingerprint density at radius 3 is 2.52 bits per heavy atom. The summed E-state index contributed by atoms with van der Waals surface area (Å²) in [5, 5.41) is 14.3. The Kier molecular flexibility index (Phi) is 5.34. The second kappa shape index (κ2) is 7.18. The number of nitrogens with one attached hydrogen (secondary N) is 1. The van der Waals surface area contributed by atoms with Crippen molar-refractivity contribution in [3.05, 3.63) is 41.2 Å². The monoisotopic (exact) mass is 392 g/mol. The van der Waals surface area contributed by atoms with E-state index < -0.39 is 36.1 Å². The standard InChI is InChI=1S/C15H10F6N4O2/c1-25-6-10(12(24-25)15(19,20)21)13(26)23-9-2-3-11(8(4-9)5-22)27-7-14(16,17)18/h2-4,6H,7H2,1H3,(H,23,26). The smallest absolute Gasteiger partial charge is 0.435 e. The molecule has 0 spiro atoms. The highest BCUT2D eigenvalue weighted by Crippen LogP contribution is 2.31. The maximum atomic E-state index is 12.9. The third-order valence-corrected chi connectivity index (χ3v) is 3.09. The van der Waals surface area contributed by atoms with Crippen LogP contribution in [0.3, 0.4) is 0 Å². The number of aryl methyl sites for hydroxylation is 1. The highest BCUT2D eigenvalue weighted by atomic mass is 19.4. The lowest BCUT2D eigenvalue weighted by Gasteiger charge is -2.12. The minimum absolute atomic E-state index is 0.104. The molecule has 1 N–H and O–H groups in total. The summed E-state index contributed by atoms with van der Waals surface area (Å²) >= 11 is 0. The van der Waals surface area contributed by atoms with E-state index in [1.54, 1.807) is 6.07 Å². The lowest BCUT2D eigenvalue weighted by Crippen LogP contribution is -2.20. The first kappa shape index (κ1) is 20.1. The van der Waals surface area contributed by atoms with Crippen molar-refractivity contribution in [2.24, 2.45) is 7.05 Å². The number of rotatable bonds is 4. The van der Waals surface area contributed by atoms with Gasteiger partial charge in [0.05, 0.1) is 11.1 Å². The normalized spacial score (nSPS) is 11.8. The molecule has 144 valence electrons. The summed E-state index contributed by atoms with van der Waals surface area (Å²) in [5.41, 5.74) is -2.58. The van der Waals surface area contributed by atoms with Gasteiger partial charge in [0, 0.05) is 18.9 Å². The molecule has 0 aliphatic heterocycles. The molecule has 0 saturated heterocycles. The number of nitrogens with zero attached hydrogens (tertiary/aromatic N) is 3. The van der Waals surface area contributed by atoms with Gasteiger partial charge in [0.15, 0.2) is 12.3 Å². The van der Waals surface area contributed by atoms with Crippen molar-refractivity contribution >= 4 is 11.6 Å². The molecular weight excluding hydrogens is 382 g/mol. The van der Waals surface area contributed by atoms with Crippen LogP contribution < -0.4 is 10.1 Å². The van der Waals surface area contributed by atoms with Gasteiger partial charge in [-0.25, -0.2) is 0 Å². The molecule has 2 rings (SSSR count). The Balaban J connectivity index is 2.24. The lowest BCUT2D eigenvalue weighted by atomic mass is 10.1. The third-order valence-electron chi connectivity index (χ3n) is 3.09. The van der Waals surface area contributed by atoms with Crippen LogP contribution in [0.15, 0.2) is 24.4 Å². The van der Waals surface area contributed by atoms with Crippen LogP contribution in [0.25, 0.3) is 0 Å². The van der Waals surface area contributed by atoms with E-state index in [9.17, 15) is 31.1 Å². The quantitative estimate of drug-likeness (QED) is 0.808. The molecule has 1 aromatic heterocycles. The van der Waals surface area contributed by atoms with Gasteiger partial charge in [-0.05, 0) is 18.2 Å². The average molecular weight is 392 g/mol. The van der Waals surface area contributed by atoms with Gasteiger partial charge in [-0.15, -0.1) is 0 Å². The van der Waals surface area contributed by atoms with Crippen LogP contribution in [-0.2, 0) is 13.2 Å². The maximum Gasteiger partial charge on any atom is 0.435 e. The van der Waals surface area contributed by atoms with Crippen LogP contribution in [0.5, 0.6) is 5.75 Å². The van der Waals surface area contributed by atoms with Crippen molar-refractivity contribution < 1.29 is 35.9 Å². The molecular formula is C15H10F6N4O2. The first-order chi connectivity index (χ1) is 12.4. The number of benzene rings is 1. The van der Waals surface area contributed by atoms with Crippen LogP contribution in [-0.4, -0.2) is 28.5 Å². The summed E-state index contributed by atoms with van der Waals surface area (Å²) in [6.07, 6.45) is -8.61. The van der Waals surface area contributed by atoms with E-state index in [0.29, 0.717) is 0 Å². The summed E-state index contributed by atoms with van der Waals surface area (Å²) in [6, 6.07) is 4.65. The fourth-order valence-electron chi connectivity index (χ4n) is 2.04. The van der Waals surface area contributed by atoms with E-state index in [4.69, 9.17) is 5.26 Å². The van der Waals surface area contributed by atoms with Gasteiger partial charge >= 0.3 is 12.4 Å². The average Bonchev–Trinajstić information content (AvgIpc) is 2.95. The predicted octanol–water partition coefficient (Wildman–Crippen LogP) is 3.50. The predicted molar refractivity (Wildman–Crippen MR) is 78.9 cm³/mol. The topological polar surface area (TPSA) is 79.9 Å². The van der Waals surface area contributed by atoms with Gasteiger partial charge in [0.25, 0.3) is 5.91 Å². The number of hydrogen-bond donors (Lipinski definition) is 1. The zero-order valence-electron chi connectivity index (χ0n) is 13.4. The molecule has 0 bridgehead atoms. The van der Waals surface area contributed by atoms with E-state index in [2.05, 4.69) is 15.2 Å². The number of hydrogen-bond acceptors (Lipinski definition) is 4. The molecule has 6 nitrogen and oxygen atoms in total. The number of aromatic nitrogens is 2. The highest BCUT2D eigenvalue weighted by Gasteiger charge is 2.39. The van der Waals surface area contributed by atoms with Crippen LogP contribution in [0.1, 0.15) is 21.6 Å². The zero-order valence-corrected chi connectivity index (χ0v) is 13.4. The molecule has 1 aromatic carbocycles. The summed E-state index contributed by atoms with van der Waals surface area (Å²) in [6.45, 7) is -1.63. The van der Waals surface area contributed by atoms with E-state index >= 15 is 0 Å². The van der Waals surface area contributed by atoms with E-state index in [0.717, 1.165) is 29.1 Å². The van der Waals surface area contributed by atoms with Crippen molar-refractivity contribution in [2.75, 3.05) is 11.9 Å². The van der Waals surface area contributed by atoms with Crippen molar-refractivity contribution in [1.82, 2.24) is 9.78 Å². The summed E-state index contributed by atoms with van der Waals surface area (Å²) < 4.78 is 80.6. The molecule has 0 radical (unpaired) electrons. The van der Waals surface area contributed by atoms with Gasteiger partial charge in [0.1, 0.15) is 11.8 Å². The highest BCUT2D eigenvalue weighted by molar-refractivity contribution is 6.05. The first-order valence-electron chi connectivity index (χ1n) is 7.06. The number of nitriles is 1. The van der Waals surface area contributed by atoms with Gasteiger partial charge < -0.3 is 10.1 Å². The number of anilines is 1. The second-order valence-corrected chi connectivity index (χ2v) is 5.24. The minimum atomic E-state index is -4.86.